The fourth-order valence-electron chi connectivity index (χ4n) is 2.26. The first-order chi connectivity index (χ1) is 12.4. The van der Waals surface area contributed by atoms with E-state index in [4.69, 9.17) is 9.47 Å². The number of carbonyl (C=O) groups is 2. The third kappa shape index (κ3) is 6.24. The maximum absolute atomic E-state index is 12.1. The van der Waals surface area contributed by atoms with Crippen LogP contribution in [0.15, 0.2) is 54.6 Å². The molecule has 0 saturated heterocycles. The summed E-state index contributed by atoms with van der Waals surface area (Å²) in [6.07, 6.45) is 0. The molecule has 0 unspecified atom stereocenters. The summed E-state index contributed by atoms with van der Waals surface area (Å²) in [4.78, 5) is 23.8. The normalized spacial score (nSPS) is 10.9. The molecule has 5 nitrogen and oxygen atoms in total. The number of hydrogen-bond acceptors (Lipinski definition) is 4. The van der Waals surface area contributed by atoms with Crippen LogP contribution in [0.3, 0.4) is 0 Å². The number of para-hydroxylation sites is 1. The first-order valence-corrected chi connectivity index (χ1v) is 8.58. The van der Waals surface area contributed by atoms with Gasteiger partial charge in [-0.15, -0.1) is 0 Å². The Bertz CT molecular complexity index is 718. The fraction of sp³-hybridized carbons (Fsp3) is 0.333. The average Bonchev–Trinajstić information content (AvgIpc) is 2.63. The summed E-state index contributed by atoms with van der Waals surface area (Å²) in [5.41, 5.74) is 1.69. The van der Waals surface area contributed by atoms with Crippen LogP contribution in [-0.2, 0) is 14.9 Å². The summed E-state index contributed by atoms with van der Waals surface area (Å²) in [7, 11) is 0. The van der Waals surface area contributed by atoms with Crippen molar-refractivity contribution in [3.8, 4) is 5.75 Å². The molecule has 5 heteroatoms. The van der Waals surface area contributed by atoms with E-state index in [1.807, 2.05) is 42.5 Å². The number of rotatable bonds is 7. The Kier molecular flexibility index (Phi) is 6.78. The highest BCUT2D eigenvalue weighted by Gasteiger charge is 2.14. The van der Waals surface area contributed by atoms with Gasteiger partial charge in [-0.2, -0.15) is 0 Å². The smallest absolute Gasteiger partial charge is 0.325 e. The lowest BCUT2D eigenvalue weighted by Gasteiger charge is -2.19. The molecule has 26 heavy (non-hydrogen) atoms. The quantitative estimate of drug-likeness (QED) is 0.611. The maximum Gasteiger partial charge on any atom is 0.325 e. The molecule has 0 aromatic heterocycles. The number of esters is 1. The van der Waals surface area contributed by atoms with Crippen molar-refractivity contribution in [2.75, 3.05) is 19.8 Å². The van der Waals surface area contributed by atoms with Crippen LogP contribution >= 0.6 is 0 Å². The number of benzene rings is 2. The summed E-state index contributed by atoms with van der Waals surface area (Å²) in [5, 5.41) is 2.56. The third-order valence-electron chi connectivity index (χ3n) is 3.76. The maximum atomic E-state index is 12.1. The predicted octanol–water partition coefficient (Wildman–Crippen LogP) is 3.34. The van der Waals surface area contributed by atoms with Gasteiger partial charge in [0, 0.05) is 5.56 Å². The predicted molar refractivity (Wildman–Crippen MR) is 100 cm³/mol. The van der Waals surface area contributed by atoms with E-state index >= 15 is 0 Å². The Morgan fingerprint density at radius 2 is 1.58 bits per heavy atom. The molecule has 0 aliphatic rings. The minimum atomic E-state index is -0.499. The Balaban J connectivity index is 1.69. The van der Waals surface area contributed by atoms with Crippen molar-refractivity contribution >= 4 is 11.9 Å². The van der Waals surface area contributed by atoms with Gasteiger partial charge >= 0.3 is 5.97 Å². The topological polar surface area (TPSA) is 64.6 Å². The van der Waals surface area contributed by atoms with Crippen LogP contribution in [0.4, 0.5) is 0 Å². The highest BCUT2D eigenvalue weighted by atomic mass is 16.6. The Morgan fingerprint density at radius 1 is 0.923 bits per heavy atom. The molecular formula is C21H25NO4. The van der Waals surface area contributed by atoms with Crippen molar-refractivity contribution < 1.29 is 19.1 Å². The zero-order chi connectivity index (χ0) is 19.0. The van der Waals surface area contributed by atoms with Crippen LogP contribution in [0.2, 0.25) is 0 Å². The summed E-state index contributed by atoms with van der Waals surface area (Å²) >= 11 is 0. The minimum Gasteiger partial charge on any atom is -0.490 e. The molecule has 1 amide bonds. The van der Waals surface area contributed by atoms with Gasteiger partial charge in [-0.1, -0.05) is 51.1 Å². The van der Waals surface area contributed by atoms with Crippen LogP contribution < -0.4 is 10.1 Å². The van der Waals surface area contributed by atoms with Gasteiger partial charge < -0.3 is 14.8 Å². The average molecular weight is 355 g/mol. The Labute approximate surface area is 154 Å². The molecular weight excluding hydrogens is 330 g/mol. The van der Waals surface area contributed by atoms with Gasteiger partial charge in [0.05, 0.1) is 0 Å². The lowest BCUT2D eigenvalue weighted by atomic mass is 9.87. The van der Waals surface area contributed by atoms with Crippen molar-refractivity contribution in [3.63, 3.8) is 0 Å². The van der Waals surface area contributed by atoms with Crippen molar-refractivity contribution in [1.29, 1.82) is 0 Å². The highest BCUT2D eigenvalue weighted by molar-refractivity contribution is 5.95. The van der Waals surface area contributed by atoms with Crippen LogP contribution in [0, 0.1) is 0 Å². The third-order valence-corrected chi connectivity index (χ3v) is 3.76. The Hall–Kier alpha value is -2.82. The lowest BCUT2D eigenvalue weighted by molar-refractivity contribution is -0.143. The molecule has 2 aromatic rings. The second-order valence-corrected chi connectivity index (χ2v) is 6.89. The molecule has 1 N–H and O–H groups in total. The SMILES string of the molecule is CC(C)(C)c1ccc(C(=O)NCC(=O)OCCOc2ccccc2)cc1. The standard InChI is InChI=1S/C21H25NO4/c1-21(2,3)17-11-9-16(10-12-17)20(24)22-15-19(23)26-14-13-25-18-7-5-4-6-8-18/h4-12H,13-15H2,1-3H3,(H,22,24). The van der Waals surface area contributed by atoms with Crippen LogP contribution in [0.1, 0.15) is 36.7 Å². The van der Waals surface area contributed by atoms with E-state index < -0.39 is 5.97 Å². The molecule has 2 aromatic carbocycles. The minimum absolute atomic E-state index is 0.0284. The monoisotopic (exact) mass is 355 g/mol. The first kappa shape index (κ1) is 19.5. The van der Waals surface area contributed by atoms with E-state index in [1.54, 1.807) is 12.1 Å². The van der Waals surface area contributed by atoms with Gasteiger partial charge in [-0.3, -0.25) is 9.59 Å². The van der Waals surface area contributed by atoms with Crippen molar-refractivity contribution in [1.82, 2.24) is 5.32 Å². The fourth-order valence-corrected chi connectivity index (χ4v) is 2.26. The van der Waals surface area contributed by atoms with Crippen LogP contribution in [-0.4, -0.2) is 31.6 Å². The largest absolute Gasteiger partial charge is 0.490 e. The zero-order valence-corrected chi connectivity index (χ0v) is 15.5. The molecule has 0 spiro atoms. The van der Waals surface area contributed by atoms with Crippen molar-refractivity contribution in [2.24, 2.45) is 0 Å². The van der Waals surface area contributed by atoms with E-state index in [1.165, 1.54) is 0 Å². The molecule has 0 atom stereocenters. The highest BCUT2D eigenvalue weighted by Crippen LogP contribution is 2.22. The first-order valence-electron chi connectivity index (χ1n) is 8.58. The van der Waals surface area contributed by atoms with Gasteiger partial charge in [-0.25, -0.2) is 0 Å². The van der Waals surface area contributed by atoms with E-state index in [2.05, 4.69) is 26.1 Å². The summed E-state index contributed by atoms with van der Waals surface area (Å²) < 4.78 is 10.5. The molecule has 0 aliphatic carbocycles. The van der Waals surface area contributed by atoms with Crippen LogP contribution in [0.25, 0.3) is 0 Å². The molecule has 0 aliphatic heterocycles. The van der Waals surface area contributed by atoms with Gasteiger partial charge in [-0.05, 0) is 35.2 Å². The lowest BCUT2D eigenvalue weighted by Crippen LogP contribution is -2.31. The molecule has 0 heterocycles. The van der Waals surface area contributed by atoms with Gasteiger partial charge in [0.15, 0.2) is 0 Å². The van der Waals surface area contributed by atoms with Gasteiger partial charge in [0.1, 0.15) is 25.5 Å². The molecule has 2 rings (SSSR count). The van der Waals surface area contributed by atoms with E-state index in [-0.39, 0.29) is 31.1 Å². The number of ether oxygens (including phenoxy) is 2. The van der Waals surface area contributed by atoms with Crippen LogP contribution in [0.5, 0.6) is 5.75 Å². The molecule has 138 valence electrons. The van der Waals surface area contributed by atoms with E-state index in [9.17, 15) is 9.59 Å². The number of carbonyl (C=O) groups excluding carboxylic acids is 2. The van der Waals surface area contributed by atoms with Gasteiger partial charge in [0.25, 0.3) is 5.91 Å². The summed E-state index contributed by atoms with van der Waals surface area (Å²) in [6, 6.07) is 16.6. The Morgan fingerprint density at radius 3 is 2.19 bits per heavy atom. The summed E-state index contributed by atoms with van der Waals surface area (Å²) in [6.45, 7) is 6.55. The number of hydrogen-bond donors (Lipinski definition) is 1. The zero-order valence-electron chi connectivity index (χ0n) is 15.5. The van der Waals surface area contributed by atoms with Crippen molar-refractivity contribution in [3.05, 3.63) is 65.7 Å². The van der Waals surface area contributed by atoms with Crippen molar-refractivity contribution in [2.45, 2.75) is 26.2 Å². The van der Waals surface area contributed by atoms with Gasteiger partial charge in [0.2, 0.25) is 0 Å². The van der Waals surface area contributed by atoms with E-state index in [0.717, 1.165) is 11.3 Å². The number of nitrogens with one attached hydrogen (secondary N) is 1. The molecule has 0 bridgehead atoms. The molecule has 0 fully saturated rings. The molecule has 0 radical (unpaired) electrons. The second-order valence-electron chi connectivity index (χ2n) is 6.89. The second kappa shape index (κ2) is 9.04. The summed E-state index contributed by atoms with van der Waals surface area (Å²) in [5.74, 6) is -0.0835. The van der Waals surface area contributed by atoms with E-state index in [0.29, 0.717) is 5.56 Å². The molecule has 0 saturated carbocycles. The number of amides is 1.